The summed E-state index contributed by atoms with van der Waals surface area (Å²) in [6, 6.07) is 1.88. The maximum absolute atomic E-state index is 13.5. The molecule has 0 saturated carbocycles. The second-order valence-corrected chi connectivity index (χ2v) is 6.76. The van der Waals surface area contributed by atoms with Crippen molar-refractivity contribution in [3.8, 4) is 0 Å². The van der Waals surface area contributed by atoms with Crippen molar-refractivity contribution >= 4 is 44.8 Å². The Kier molecular flexibility index (Phi) is 5.26. The molecule has 0 saturated heterocycles. The lowest BCUT2D eigenvalue weighted by atomic mass is 10.3. The van der Waals surface area contributed by atoms with E-state index in [1.807, 2.05) is 0 Å². The largest absolute Gasteiger partial charge is 0.244 e. The summed E-state index contributed by atoms with van der Waals surface area (Å²) in [6.45, 7) is 1.63. The number of nitrogens with zero attached hydrogens (tertiary/aromatic N) is 1. The molecule has 18 heavy (non-hydrogen) atoms. The predicted molar refractivity (Wildman–Crippen MR) is 71.6 cm³/mol. The molecule has 0 bridgehead atoms. The zero-order valence-corrected chi connectivity index (χ0v) is 12.7. The van der Waals surface area contributed by atoms with E-state index in [9.17, 15) is 12.8 Å². The summed E-state index contributed by atoms with van der Waals surface area (Å²) >= 11 is 16.8. The van der Waals surface area contributed by atoms with Gasteiger partial charge in [0.25, 0.3) is 0 Å². The first-order valence-corrected chi connectivity index (χ1v) is 7.64. The van der Waals surface area contributed by atoms with Gasteiger partial charge in [-0.2, -0.15) is 4.31 Å². The van der Waals surface area contributed by atoms with E-state index >= 15 is 0 Å². The van der Waals surface area contributed by atoms with Crippen LogP contribution >= 0.6 is 34.8 Å². The summed E-state index contributed by atoms with van der Waals surface area (Å²) in [6.07, 6.45) is 0. The molecular weight excluding hydrogens is 324 g/mol. The predicted octanol–water partition coefficient (Wildman–Crippen LogP) is 3.38. The van der Waals surface area contributed by atoms with Crippen molar-refractivity contribution in [3.63, 3.8) is 0 Å². The molecule has 8 heteroatoms. The van der Waals surface area contributed by atoms with Crippen LogP contribution in [0.3, 0.4) is 0 Å². The molecule has 0 amide bonds. The Morgan fingerprint density at radius 3 is 2.44 bits per heavy atom. The summed E-state index contributed by atoms with van der Waals surface area (Å²) in [5.41, 5.74) is 0. The van der Waals surface area contributed by atoms with Crippen LogP contribution in [-0.4, -0.2) is 31.7 Å². The summed E-state index contributed by atoms with van der Waals surface area (Å²) in [5.74, 6) is -0.838. The van der Waals surface area contributed by atoms with Gasteiger partial charge in [0.05, 0.1) is 10.0 Å². The van der Waals surface area contributed by atoms with Gasteiger partial charge in [-0.15, -0.1) is 11.6 Å². The summed E-state index contributed by atoms with van der Waals surface area (Å²) in [7, 11) is -2.55. The molecule has 1 rings (SSSR count). The molecule has 0 aromatic heterocycles. The Bertz CT molecular complexity index is 550. The third-order valence-electron chi connectivity index (χ3n) is 2.50. The quantitative estimate of drug-likeness (QED) is 0.625. The van der Waals surface area contributed by atoms with Crippen LogP contribution in [0.25, 0.3) is 0 Å². The van der Waals surface area contributed by atoms with Gasteiger partial charge in [0, 0.05) is 19.0 Å². The van der Waals surface area contributed by atoms with Gasteiger partial charge in [-0.05, 0) is 19.1 Å². The fourth-order valence-electron chi connectivity index (χ4n) is 1.20. The number of hydrogen-bond acceptors (Lipinski definition) is 2. The molecule has 0 spiro atoms. The minimum absolute atomic E-state index is 0.115. The fourth-order valence-corrected chi connectivity index (χ4v) is 3.56. The van der Waals surface area contributed by atoms with Crippen molar-refractivity contribution in [2.45, 2.75) is 17.9 Å². The molecule has 1 atom stereocenters. The lowest BCUT2D eigenvalue weighted by Gasteiger charge is -2.23. The highest BCUT2D eigenvalue weighted by atomic mass is 35.5. The Labute approximate surface area is 120 Å². The van der Waals surface area contributed by atoms with Crippen LogP contribution in [0.5, 0.6) is 0 Å². The number of sulfonamides is 1. The number of hydrogen-bond donors (Lipinski definition) is 0. The van der Waals surface area contributed by atoms with Crippen molar-refractivity contribution in [1.82, 2.24) is 4.31 Å². The van der Waals surface area contributed by atoms with E-state index < -0.39 is 26.9 Å². The standard InChI is InChI=1S/C10H11Cl3FNO2S/c1-6(5-11)15(2)18(16,17)8-4-3-7(12)10(14)9(8)13/h3-4,6H,5H2,1-2H3. The molecule has 1 aromatic carbocycles. The lowest BCUT2D eigenvalue weighted by molar-refractivity contribution is 0.413. The van der Waals surface area contributed by atoms with E-state index in [0.29, 0.717) is 0 Å². The van der Waals surface area contributed by atoms with E-state index in [1.54, 1.807) is 6.92 Å². The molecule has 0 aliphatic heterocycles. The normalized spacial score (nSPS) is 13.9. The van der Waals surface area contributed by atoms with Gasteiger partial charge in [-0.3, -0.25) is 0 Å². The summed E-state index contributed by atoms with van der Waals surface area (Å²) in [4.78, 5) is -0.328. The fraction of sp³-hybridized carbons (Fsp3) is 0.400. The molecule has 1 aromatic rings. The molecule has 0 aliphatic carbocycles. The van der Waals surface area contributed by atoms with Gasteiger partial charge < -0.3 is 0 Å². The van der Waals surface area contributed by atoms with Crippen LogP contribution in [-0.2, 0) is 10.0 Å². The van der Waals surface area contributed by atoms with E-state index in [4.69, 9.17) is 34.8 Å². The average Bonchev–Trinajstić information content (AvgIpc) is 2.33. The lowest BCUT2D eigenvalue weighted by Crippen LogP contribution is -2.36. The van der Waals surface area contributed by atoms with Gasteiger partial charge in [-0.1, -0.05) is 23.2 Å². The van der Waals surface area contributed by atoms with Crippen LogP contribution in [0.1, 0.15) is 6.92 Å². The third kappa shape index (κ3) is 2.91. The molecule has 1 unspecified atom stereocenters. The van der Waals surface area contributed by atoms with Crippen molar-refractivity contribution in [3.05, 3.63) is 28.0 Å². The van der Waals surface area contributed by atoms with Crippen molar-refractivity contribution in [1.29, 1.82) is 0 Å². The molecular formula is C10H11Cl3FNO2S. The molecule has 0 fully saturated rings. The van der Waals surface area contributed by atoms with Crippen LogP contribution in [0.4, 0.5) is 4.39 Å². The minimum Gasteiger partial charge on any atom is -0.207 e. The topological polar surface area (TPSA) is 37.4 Å². The monoisotopic (exact) mass is 333 g/mol. The minimum atomic E-state index is -3.90. The van der Waals surface area contributed by atoms with Crippen molar-refractivity contribution < 1.29 is 12.8 Å². The van der Waals surface area contributed by atoms with Crippen LogP contribution in [0, 0.1) is 5.82 Å². The van der Waals surface area contributed by atoms with Crippen LogP contribution in [0.2, 0.25) is 10.0 Å². The molecule has 102 valence electrons. The highest BCUT2D eigenvalue weighted by Crippen LogP contribution is 2.31. The maximum Gasteiger partial charge on any atom is 0.244 e. The molecule has 0 N–H and O–H groups in total. The zero-order valence-electron chi connectivity index (χ0n) is 9.62. The number of rotatable bonds is 4. The SMILES string of the molecule is CC(CCl)N(C)S(=O)(=O)c1ccc(Cl)c(F)c1Cl. The maximum atomic E-state index is 13.5. The first kappa shape index (κ1) is 16.0. The Morgan fingerprint density at radius 1 is 1.39 bits per heavy atom. The van der Waals surface area contributed by atoms with Crippen LogP contribution < -0.4 is 0 Å². The Hall–Kier alpha value is -0.0700. The Balaban J connectivity index is 3.34. The third-order valence-corrected chi connectivity index (χ3v) is 5.74. The van der Waals surface area contributed by atoms with Gasteiger partial charge in [0.15, 0.2) is 5.82 Å². The van der Waals surface area contributed by atoms with E-state index in [-0.39, 0.29) is 15.8 Å². The second-order valence-electron chi connectivity index (χ2n) is 3.70. The van der Waals surface area contributed by atoms with E-state index in [0.717, 1.165) is 10.4 Å². The van der Waals surface area contributed by atoms with Gasteiger partial charge >= 0.3 is 0 Å². The molecule has 3 nitrogen and oxygen atoms in total. The highest BCUT2D eigenvalue weighted by molar-refractivity contribution is 7.89. The highest BCUT2D eigenvalue weighted by Gasteiger charge is 2.28. The number of alkyl halides is 1. The summed E-state index contributed by atoms with van der Waals surface area (Å²) < 4.78 is 38.9. The molecule has 0 aliphatic rings. The van der Waals surface area contributed by atoms with Gasteiger partial charge in [-0.25, -0.2) is 12.8 Å². The number of halogens is 4. The molecule has 0 radical (unpaired) electrons. The van der Waals surface area contributed by atoms with E-state index in [1.165, 1.54) is 13.1 Å². The average molecular weight is 335 g/mol. The van der Waals surface area contributed by atoms with Crippen molar-refractivity contribution in [2.75, 3.05) is 12.9 Å². The first-order chi connectivity index (χ1) is 8.23. The van der Waals surface area contributed by atoms with Gasteiger partial charge in [0.1, 0.15) is 4.90 Å². The Morgan fingerprint density at radius 2 is 1.94 bits per heavy atom. The van der Waals surface area contributed by atoms with Crippen LogP contribution in [0.15, 0.2) is 17.0 Å². The van der Waals surface area contributed by atoms with Crippen molar-refractivity contribution in [2.24, 2.45) is 0 Å². The van der Waals surface area contributed by atoms with E-state index in [2.05, 4.69) is 0 Å². The zero-order chi connectivity index (χ0) is 14.1. The first-order valence-electron chi connectivity index (χ1n) is 4.91. The summed E-state index contributed by atoms with van der Waals surface area (Å²) in [5, 5.41) is -0.747. The van der Waals surface area contributed by atoms with Gasteiger partial charge in [0.2, 0.25) is 10.0 Å². The smallest absolute Gasteiger partial charge is 0.207 e. The number of benzene rings is 1. The second kappa shape index (κ2) is 5.92. The molecule has 0 heterocycles.